The third kappa shape index (κ3) is 31.6. The first-order valence-corrected chi connectivity index (χ1v) is 5.55. The van der Waals surface area contributed by atoms with Crippen molar-refractivity contribution in [2.24, 2.45) is 17.8 Å². The average Bonchev–Trinajstić information content (AvgIpc) is 2.18. The van der Waals surface area contributed by atoms with Gasteiger partial charge in [0.1, 0.15) is 0 Å². The molecule has 0 aliphatic rings. The fourth-order valence-corrected chi connectivity index (χ4v) is 0. The molecule has 0 rings (SSSR count). The summed E-state index contributed by atoms with van der Waals surface area (Å²) in [6.45, 7) is 9.47. The monoisotopic (exact) mass is 288 g/mol. The van der Waals surface area contributed by atoms with Gasteiger partial charge in [-0.15, -0.1) is 0 Å². The van der Waals surface area contributed by atoms with Crippen LogP contribution in [-0.4, -0.2) is 35.3 Å². The Morgan fingerprint density at radius 2 is 0.632 bits per heavy atom. The summed E-state index contributed by atoms with van der Waals surface area (Å²) in [7, 11) is 0. The Morgan fingerprint density at radius 3 is 0.632 bits per heavy atom. The van der Waals surface area contributed by atoms with E-state index in [0.717, 1.165) is 0 Å². The maximum absolute atomic E-state index is 9.59. The molecule has 0 aliphatic heterocycles. The summed E-state index contributed by atoms with van der Waals surface area (Å²) in [5.41, 5.74) is 0. The molecule has 0 aromatic carbocycles. The summed E-state index contributed by atoms with van der Waals surface area (Å²) in [6, 6.07) is 0. The summed E-state index contributed by atoms with van der Waals surface area (Å²) in [6.07, 6.45) is 0. The van der Waals surface area contributed by atoms with Crippen molar-refractivity contribution in [1.29, 1.82) is 0 Å². The first-order valence-electron chi connectivity index (χ1n) is 5.55. The molecular formula is C12H21AlO6. The van der Waals surface area contributed by atoms with Crippen LogP contribution in [0.2, 0.25) is 0 Å². The fraction of sp³-hybridized carbons (Fsp3) is 0.750. The summed E-state index contributed by atoms with van der Waals surface area (Å²) in [5, 5.41) is 28.8. The van der Waals surface area contributed by atoms with Gasteiger partial charge >= 0.3 is 17.4 Å². The van der Waals surface area contributed by atoms with Crippen molar-refractivity contribution < 1.29 is 29.7 Å². The molecule has 0 aromatic heterocycles. The van der Waals surface area contributed by atoms with Gasteiger partial charge in [-0.2, -0.15) is 0 Å². The second-order valence-corrected chi connectivity index (χ2v) is 4.42. The molecule has 0 unspecified atom stereocenters. The summed E-state index contributed by atoms with van der Waals surface area (Å²) in [5.74, 6) is -4.00. The van der Waals surface area contributed by atoms with E-state index in [2.05, 4.69) is 0 Å². The Balaban J connectivity index is -0.0000000865. The third-order valence-electron chi connectivity index (χ3n) is 1.41. The molecular weight excluding hydrogens is 267 g/mol. The van der Waals surface area contributed by atoms with Crippen LogP contribution >= 0.6 is 0 Å². The molecule has 0 N–H and O–H groups in total. The van der Waals surface area contributed by atoms with Gasteiger partial charge < -0.3 is 29.7 Å². The van der Waals surface area contributed by atoms with Crippen LogP contribution < -0.4 is 15.3 Å². The molecule has 0 atom stereocenters. The Kier molecular flexibility index (Phi) is 20.9. The van der Waals surface area contributed by atoms with Crippen molar-refractivity contribution in [3.8, 4) is 0 Å². The molecule has 0 radical (unpaired) electrons. The van der Waals surface area contributed by atoms with Gasteiger partial charge in [0.15, 0.2) is 0 Å². The summed E-state index contributed by atoms with van der Waals surface area (Å²) in [4.78, 5) is 28.8. The van der Waals surface area contributed by atoms with E-state index in [9.17, 15) is 29.7 Å². The van der Waals surface area contributed by atoms with Crippen LogP contribution in [-0.2, 0) is 14.4 Å². The predicted molar refractivity (Wildman–Crippen MR) is 65.3 cm³/mol. The van der Waals surface area contributed by atoms with Gasteiger partial charge in [-0.05, 0) is 17.8 Å². The van der Waals surface area contributed by atoms with E-state index < -0.39 is 17.9 Å². The van der Waals surface area contributed by atoms with E-state index >= 15 is 0 Å². The maximum atomic E-state index is 9.59. The molecule has 0 fully saturated rings. The molecule has 0 bridgehead atoms. The molecule has 0 aliphatic carbocycles. The number of hydrogen-bond acceptors (Lipinski definition) is 6. The zero-order valence-corrected chi connectivity index (χ0v) is 13.4. The van der Waals surface area contributed by atoms with Crippen LogP contribution in [0, 0.1) is 17.8 Å². The molecule has 108 valence electrons. The van der Waals surface area contributed by atoms with Crippen molar-refractivity contribution in [3.63, 3.8) is 0 Å². The van der Waals surface area contributed by atoms with Crippen molar-refractivity contribution in [1.82, 2.24) is 0 Å². The largest absolute Gasteiger partial charge is 3.00 e. The van der Waals surface area contributed by atoms with Gasteiger partial charge in [0, 0.05) is 17.9 Å². The molecule has 7 heteroatoms. The number of carbonyl (C=O) groups is 3. The van der Waals surface area contributed by atoms with E-state index in [-0.39, 0.29) is 35.1 Å². The normalized spacial score (nSPS) is 8.68. The average molecular weight is 288 g/mol. The van der Waals surface area contributed by atoms with Gasteiger partial charge in [0.2, 0.25) is 0 Å². The van der Waals surface area contributed by atoms with Crippen LogP contribution in [0.25, 0.3) is 0 Å². The van der Waals surface area contributed by atoms with Crippen LogP contribution in [0.15, 0.2) is 0 Å². The smallest absolute Gasteiger partial charge is 0.550 e. The maximum Gasteiger partial charge on any atom is 3.00 e. The van der Waals surface area contributed by atoms with Crippen molar-refractivity contribution in [2.45, 2.75) is 41.5 Å². The predicted octanol–water partition coefficient (Wildman–Crippen LogP) is -2.20. The number of carboxylic acid groups (broad SMARTS) is 3. The minimum Gasteiger partial charge on any atom is -0.550 e. The zero-order chi connectivity index (χ0) is 15.5. The molecule has 6 nitrogen and oxygen atoms in total. The molecule has 0 heterocycles. The molecule has 0 spiro atoms. The number of hydrogen-bond donors (Lipinski definition) is 0. The SMILES string of the molecule is CC(C)C(=O)[O-].CC(C)C(=O)[O-].CC(C)C(=O)[O-].[Al+3]. The van der Waals surface area contributed by atoms with E-state index in [1.165, 1.54) is 0 Å². The van der Waals surface area contributed by atoms with Gasteiger partial charge in [-0.25, -0.2) is 0 Å². The van der Waals surface area contributed by atoms with Crippen LogP contribution in [0.4, 0.5) is 0 Å². The van der Waals surface area contributed by atoms with Gasteiger partial charge in [0.05, 0.1) is 0 Å². The quantitative estimate of drug-likeness (QED) is 0.543. The minimum absolute atomic E-state index is 0. The number of rotatable bonds is 3. The standard InChI is InChI=1S/3C4H8O2.Al/c3*1-3(2)4(5)6;/h3*3H,1-2H3,(H,5,6);/q;;;+3/p-3. The first kappa shape index (κ1) is 26.5. The number of aliphatic carboxylic acids is 3. The van der Waals surface area contributed by atoms with Crippen molar-refractivity contribution in [3.05, 3.63) is 0 Å². The van der Waals surface area contributed by atoms with E-state index in [1.54, 1.807) is 41.5 Å². The van der Waals surface area contributed by atoms with Crippen molar-refractivity contribution in [2.75, 3.05) is 0 Å². The van der Waals surface area contributed by atoms with Gasteiger partial charge in [-0.1, -0.05) is 41.5 Å². The topological polar surface area (TPSA) is 120 Å². The number of carbonyl (C=O) groups excluding carboxylic acids is 3. The first-order chi connectivity index (χ1) is 7.93. The second kappa shape index (κ2) is 15.0. The molecule has 0 amide bonds. The third-order valence-corrected chi connectivity index (χ3v) is 1.41. The Bertz CT molecular complexity index is 218. The summed E-state index contributed by atoms with van der Waals surface area (Å²) < 4.78 is 0. The molecule has 0 saturated carbocycles. The second-order valence-electron chi connectivity index (χ2n) is 4.42. The van der Waals surface area contributed by atoms with E-state index in [1.807, 2.05) is 0 Å². The van der Waals surface area contributed by atoms with Gasteiger partial charge in [0.25, 0.3) is 0 Å². The Labute approximate surface area is 125 Å². The van der Waals surface area contributed by atoms with Crippen molar-refractivity contribution >= 4 is 35.3 Å². The summed E-state index contributed by atoms with van der Waals surface area (Å²) >= 11 is 0. The minimum atomic E-state index is -0.991. The van der Waals surface area contributed by atoms with Crippen LogP contribution in [0.5, 0.6) is 0 Å². The molecule has 0 saturated heterocycles. The van der Waals surface area contributed by atoms with Crippen LogP contribution in [0.1, 0.15) is 41.5 Å². The number of carboxylic acids is 3. The van der Waals surface area contributed by atoms with Gasteiger partial charge in [-0.3, -0.25) is 0 Å². The molecule has 19 heavy (non-hydrogen) atoms. The zero-order valence-electron chi connectivity index (χ0n) is 12.3. The van der Waals surface area contributed by atoms with E-state index in [0.29, 0.717) is 0 Å². The molecule has 0 aromatic rings. The Morgan fingerprint density at radius 1 is 0.579 bits per heavy atom. The fourth-order valence-electron chi connectivity index (χ4n) is 0. The van der Waals surface area contributed by atoms with E-state index in [4.69, 9.17) is 0 Å². The van der Waals surface area contributed by atoms with Crippen LogP contribution in [0.3, 0.4) is 0 Å². The Hall–Kier alpha value is -1.06.